The van der Waals surface area contributed by atoms with Crippen LogP contribution in [0.15, 0.2) is 0 Å². The minimum Gasteiger partial charge on any atom is -0.248 e. The number of halogens is 1. The first kappa shape index (κ1) is 13.0. The summed E-state index contributed by atoms with van der Waals surface area (Å²) in [5.74, 6) is 0. The molecule has 0 amide bonds. The van der Waals surface area contributed by atoms with Gasteiger partial charge in [0.05, 0.1) is 7.52 Å². The van der Waals surface area contributed by atoms with Crippen molar-refractivity contribution in [2.75, 3.05) is 0 Å². The fourth-order valence-electron chi connectivity index (χ4n) is 1.86. The van der Waals surface area contributed by atoms with Crippen molar-refractivity contribution in [1.29, 1.82) is 0 Å². The highest BCUT2D eigenvalue weighted by Crippen LogP contribution is 2.12. The Labute approximate surface area is 97.1 Å². The SMILES string of the molecule is [3H]C(C)(F)CCCCCCCCCCCC. The molecule has 1 heteroatoms. The molecule has 0 rings (SSSR count). The number of rotatable bonds is 11. The van der Waals surface area contributed by atoms with Crippen molar-refractivity contribution in [3.05, 3.63) is 0 Å². The van der Waals surface area contributed by atoms with Gasteiger partial charge in [0.15, 0.2) is 0 Å². The lowest BCUT2D eigenvalue weighted by Crippen LogP contribution is -1.91. The maximum atomic E-state index is 12.8. The molecule has 0 radical (unpaired) electrons. The van der Waals surface area contributed by atoms with Crippen LogP contribution in [0.2, 0.25) is 0 Å². The molecule has 1 unspecified atom stereocenters. The zero-order valence-corrected chi connectivity index (χ0v) is 10.7. The van der Waals surface area contributed by atoms with Crippen LogP contribution in [0.4, 0.5) is 4.39 Å². The quantitative estimate of drug-likeness (QED) is 0.393. The van der Waals surface area contributed by atoms with E-state index in [0.29, 0.717) is 6.42 Å². The summed E-state index contributed by atoms with van der Waals surface area (Å²) in [6.45, 7) is 3.59. The third kappa shape index (κ3) is 13.9. The molecular weight excluding hydrogens is 187 g/mol. The van der Waals surface area contributed by atoms with Crippen molar-refractivity contribution in [1.82, 2.24) is 0 Å². The van der Waals surface area contributed by atoms with Crippen molar-refractivity contribution >= 4 is 0 Å². The Morgan fingerprint density at radius 3 is 1.67 bits per heavy atom. The fourth-order valence-corrected chi connectivity index (χ4v) is 1.86. The lowest BCUT2D eigenvalue weighted by molar-refractivity contribution is 0.329. The van der Waals surface area contributed by atoms with Gasteiger partial charge in [-0.25, -0.2) is 4.39 Å². The lowest BCUT2D eigenvalue weighted by atomic mass is 10.1. The van der Waals surface area contributed by atoms with Gasteiger partial charge in [-0.1, -0.05) is 71.1 Å². The molecule has 0 fully saturated rings. The molecule has 0 aromatic carbocycles. The van der Waals surface area contributed by atoms with Gasteiger partial charge in [0.2, 0.25) is 0 Å². The normalized spacial score (nSPS) is 16.1. The number of hydrogen-bond donors (Lipinski definition) is 0. The highest BCUT2D eigenvalue weighted by molar-refractivity contribution is 4.50. The molecular formula is C14H29F. The number of unbranched alkanes of at least 4 members (excludes halogenated alkanes) is 9. The topological polar surface area (TPSA) is 0 Å². The van der Waals surface area contributed by atoms with Crippen LogP contribution >= 0.6 is 0 Å². The van der Waals surface area contributed by atoms with Gasteiger partial charge in [0.25, 0.3) is 0 Å². The van der Waals surface area contributed by atoms with Crippen molar-refractivity contribution in [2.24, 2.45) is 0 Å². The van der Waals surface area contributed by atoms with Gasteiger partial charge >= 0.3 is 0 Å². The minimum atomic E-state index is -1.71. The molecule has 0 aromatic rings. The molecule has 1 atom stereocenters. The first-order valence-corrected chi connectivity index (χ1v) is 6.75. The van der Waals surface area contributed by atoms with Crippen molar-refractivity contribution < 1.29 is 5.76 Å². The Hall–Kier alpha value is -0.0700. The second-order valence-electron chi connectivity index (χ2n) is 4.61. The van der Waals surface area contributed by atoms with E-state index in [0.717, 1.165) is 12.8 Å². The zero-order valence-electron chi connectivity index (χ0n) is 11.7. The smallest absolute Gasteiger partial charge is 0.0973 e. The van der Waals surface area contributed by atoms with Gasteiger partial charge in [0.1, 0.15) is 0 Å². The Kier molecular flexibility index (Phi) is 10.4. The van der Waals surface area contributed by atoms with E-state index in [1.54, 1.807) is 0 Å². The molecule has 0 nitrogen and oxygen atoms in total. The molecule has 0 saturated heterocycles. The monoisotopic (exact) mass is 218 g/mol. The van der Waals surface area contributed by atoms with E-state index >= 15 is 0 Å². The van der Waals surface area contributed by atoms with E-state index in [1.165, 1.54) is 58.3 Å². The van der Waals surface area contributed by atoms with Crippen LogP contribution in [-0.2, 0) is 0 Å². The van der Waals surface area contributed by atoms with E-state index in [-0.39, 0.29) is 0 Å². The molecule has 0 aliphatic rings. The molecule has 92 valence electrons. The summed E-state index contributed by atoms with van der Waals surface area (Å²) in [5, 5.41) is 0. The average molecular weight is 218 g/mol. The maximum absolute atomic E-state index is 12.8. The molecule has 0 aromatic heterocycles. The second kappa shape index (κ2) is 12.0. The highest BCUT2D eigenvalue weighted by atomic mass is 19.1. The molecule has 0 aliphatic heterocycles. The molecule has 0 aliphatic carbocycles. The van der Waals surface area contributed by atoms with Crippen LogP contribution in [0, 0.1) is 0 Å². The van der Waals surface area contributed by atoms with Crippen LogP contribution in [0.1, 0.15) is 85.8 Å². The van der Waals surface area contributed by atoms with Crippen LogP contribution in [0.5, 0.6) is 0 Å². The summed E-state index contributed by atoms with van der Waals surface area (Å²) in [6.07, 6.45) is 11.3. The Bertz CT molecular complexity index is 140. The van der Waals surface area contributed by atoms with Crippen molar-refractivity contribution in [3.63, 3.8) is 0 Å². The van der Waals surface area contributed by atoms with E-state index in [2.05, 4.69) is 6.92 Å². The number of hydrogen-bond acceptors (Lipinski definition) is 0. The Morgan fingerprint density at radius 1 is 0.867 bits per heavy atom. The van der Waals surface area contributed by atoms with E-state index in [1.807, 2.05) is 0 Å². The summed E-state index contributed by atoms with van der Waals surface area (Å²) in [6, 6.07) is 0. The van der Waals surface area contributed by atoms with Crippen LogP contribution < -0.4 is 0 Å². The third-order valence-electron chi connectivity index (χ3n) is 2.87. The van der Waals surface area contributed by atoms with E-state index < -0.39 is 6.15 Å². The number of alkyl halides is 1. The zero-order chi connectivity index (χ0) is 12.3. The molecule has 15 heavy (non-hydrogen) atoms. The summed E-state index contributed by atoms with van der Waals surface area (Å²) in [5.41, 5.74) is 0. The van der Waals surface area contributed by atoms with Crippen LogP contribution in [-0.4, -0.2) is 6.15 Å². The summed E-state index contributed by atoms with van der Waals surface area (Å²) >= 11 is 0. The van der Waals surface area contributed by atoms with Crippen molar-refractivity contribution in [3.8, 4) is 0 Å². The van der Waals surface area contributed by atoms with E-state index in [4.69, 9.17) is 1.37 Å². The summed E-state index contributed by atoms with van der Waals surface area (Å²) < 4.78 is 19.9. The summed E-state index contributed by atoms with van der Waals surface area (Å²) in [4.78, 5) is 0. The third-order valence-corrected chi connectivity index (χ3v) is 2.87. The Morgan fingerprint density at radius 2 is 1.27 bits per heavy atom. The first-order valence-electron chi connectivity index (χ1n) is 7.25. The van der Waals surface area contributed by atoms with E-state index in [9.17, 15) is 4.39 Å². The second-order valence-corrected chi connectivity index (χ2v) is 4.61. The standard InChI is InChI=1S/C14H29F/c1-3-4-5-6-7-8-9-10-11-12-13-14(2)15/h14H,3-13H2,1-2H3/i14T. The lowest BCUT2D eigenvalue weighted by Gasteiger charge is -2.02. The molecule has 0 bridgehead atoms. The average Bonchev–Trinajstić information content (AvgIpc) is 2.19. The van der Waals surface area contributed by atoms with Gasteiger partial charge in [-0.3, -0.25) is 0 Å². The maximum Gasteiger partial charge on any atom is 0.0973 e. The minimum absolute atomic E-state index is 0.392. The molecule has 0 N–H and O–H groups in total. The predicted octanol–water partition coefficient (Wildman–Crippen LogP) is 5.66. The van der Waals surface area contributed by atoms with Gasteiger partial charge in [-0.15, -0.1) is 0 Å². The first-order chi connectivity index (χ1) is 7.56. The van der Waals surface area contributed by atoms with Crippen molar-refractivity contribution in [2.45, 2.75) is 90.6 Å². The van der Waals surface area contributed by atoms with Gasteiger partial charge in [-0.2, -0.15) is 0 Å². The molecule has 0 spiro atoms. The van der Waals surface area contributed by atoms with Gasteiger partial charge in [0, 0.05) is 0 Å². The fraction of sp³-hybridized carbons (Fsp3) is 1.00. The largest absolute Gasteiger partial charge is 0.248 e. The summed E-state index contributed by atoms with van der Waals surface area (Å²) in [7, 11) is 0. The highest BCUT2D eigenvalue weighted by Gasteiger charge is 1.97. The van der Waals surface area contributed by atoms with Gasteiger partial charge < -0.3 is 0 Å². The van der Waals surface area contributed by atoms with Crippen LogP contribution in [0.25, 0.3) is 0 Å². The predicted molar refractivity (Wildman–Crippen MR) is 67.0 cm³/mol. The Balaban J connectivity index is 2.99. The van der Waals surface area contributed by atoms with Crippen LogP contribution in [0.3, 0.4) is 0 Å². The molecule has 0 heterocycles. The molecule has 0 saturated carbocycles. The van der Waals surface area contributed by atoms with Gasteiger partial charge in [-0.05, 0) is 13.3 Å².